The van der Waals surface area contributed by atoms with Crippen molar-refractivity contribution in [1.29, 1.82) is 0 Å². The van der Waals surface area contributed by atoms with E-state index < -0.39 is 20.0 Å². The predicted molar refractivity (Wildman–Crippen MR) is 128 cm³/mol. The molecule has 0 aliphatic heterocycles. The number of primary sulfonamides is 1. The lowest BCUT2D eigenvalue weighted by molar-refractivity contribution is 0.584. The number of sulfonamides is 2. The highest BCUT2D eigenvalue weighted by Crippen LogP contribution is 2.34. The van der Waals surface area contributed by atoms with E-state index in [1.54, 1.807) is 49.4 Å². The minimum atomic E-state index is -4.09. The van der Waals surface area contributed by atoms with Gasteiger partial charge in [0, 0.05) is 20.5 Å². The largest absolute Gasteiger partial charge is 0.276 e. The lowest BCUT2D eigenvalue weighted by Gasteiger charge is -2.13. The summed E-state index contributed by atoms with van der Waals surface area (Å²) in [5.74, 6) is 0. The number of thioether (sulfide) groups is 1. The molecule has 7 nitrogen and oxygen atoms in total. The standard InChI is InChI=1S/C20H17Cl2N3O4S3/c1-13-11-19(31(23,26)27)18(12-17(13)22)30-20(14-7-9-15(21)10-8-14)24-25-32(28,29)16-5-3-2-4-6-16/h2-12,25H,1H3,(H2,23,26,27)/b24-20-. The number of benzene rings is 3. The quantitative estimate of drug-likeness (QED) is 0.212. The normalized spacial score (nSPS) is 12.6. The fraction of sp³-hybridized carbons (Fsp3) is 0.0500. The average molecular weight is 530 g/mol. The molecule has 0 saturated carbocycles. The Morgan fingerprint density at radius 2 is 1.59 bits per heavy atom. The Labute approximate surface area is 200 Å². The molecule has 0 amide bonds. The number of aryl methyl sites for hydroxylation is 1. The van der Waals surface area contributed by atoms with E-state index in [1.165, 1.54) is 24.3 Å². The van der Waals surface area contributed by atoms with Gasteiger partial charge >= 0.3 is 0 Å². The Morgan fingerprint density at radius 3 is 2.19 bits per heavy atom. The molecule has 0 aromatic heterocycles. The summed E-state index contributed by atoms with van der Waals surface area (Å²) in [6.45, 7) is 1.65. The SMILES string of the molecule is Cc1cc(S(N)(=O)=O)c(S/C(=N\NS(=O)(=O)c2ccccc2)c2ccc(Cl)cc2)cc1Cl. The lowest BCUT2D eigenvalue weighted by Crippen LogP contribution is -2.20. The summed E-state index contributed by atoms with van der Waals surface area (Å²) in [5.41, 5.74) is 1.02. The molecule has 3 aromatic carbocycles. The maximum Gasteiger partial charge on any atom is 0.276 e. The van der Waals surface area contributed by atoms with Gasteiger partial charge in [0.05, 0.1) is 9.79 Å². The molecule has 0 spiro atoms. The van der Waals surface area contributed by atoms with Gasteiger partial charge in [-0.05, 0) is 48.9 Å². The van der Waals surface area contributed by atoms with E-state index in [0.29, 0.717) is 21.2 Å². The van der Waals surface area contributed by atoms with E-state index >= 15 is 0 Å². The van der Waals surface area contributed by atoms with Crippen molar-refractivity contribution in [3.8, 4) is 0 Å². The Hall–Kier alpha value is -2.08. The third-order valence-electron chi connectivity index (χ3n) is 4.15. The smallest absolute Gasteiger partial charge is 0.225 e. The van der Waals surface area contributed by atoms with Crippen LogP contribution >= 0.6 is 35.0 Å². The molecule has 32 heavy (non-hydrogen) atoms. The van der Waals surface area contributed by atoms with Crippen LogP contribution in [0.25, 0.3) is 0 Å². The molecule has 12 heteroatoms. The van der Waals surface area contributed by atoms with Gasteiger partial charge in [-0.2, -0.15) is 18.4 Å². The molecule has 0 fully saturated rings. The fourth-order valence-electron chi connectivity index (χ4n) is 2.54. The van der Waals surface area contributed by atoms with E-state index in [9.17, 15) is 16.8 Å². The first-order chi connectivity index (χ1) is 15.0. The zero-order valence-corrected chi connectivity index (χ0v) is 20.5. The first kappa shape index (κ1) is 24.6. The van der Waals surface area contributed by atoms with Crippen LogP contribution in [0.15, 0.2) is 86.5 Å². The van der Waals surface area contributed by atoms with Crippen LogP contribution < -0.4 is 9.97 Å². The number of nitrogens with zero attached hydrogens (tertiary/aromatic N) is 1. The van der Waals surface area contributed by atoms with E-state index in [0.717, 1.165) is 11.8 Å². The van der Waals surface area contributed by atoms with Crippen molar-refractivity contribution in [1.82, 2.24) is 4.83 Å². The predicted octanol–water partition coefficient (Wildman–Crippen LogP) is 4.38. The molecule has 3 N–H and O–H groups in total. The highest BCUT2D eigenvalue weighted by atomic mass is 35.5. The molecular formula is C20H17Cl2N3O4S3. The van der Waals surface area contributed by atoms with Crippen LogP contribution in [0, 0.1) is 6.92 Å². The van der Waals surface area contributed by atoms with Crippen molar-refractivity contribution < 1.29 is 16.8 Å². The van der Waals surface area contributed by atoms with Gasteiger partial charge in [-0.3, -0.25) is 0 Å². The second kappa shape index (κ2) is 9.82. The number of rotatable bonds is 6. The number of nitrogens with two attached hydrogens (primary N) is 1. The zero-order chi connectivity index (χ0) is 23.5. The minimum Gasteiger partial charge on any atom is -0.225 e. The molecule has 0 saturated heterocycles. The van der Waals surface area contributed by atoms with Gasteiger partial charge in [-0.15, -0.1) is 0 Å². The molecule has 0 aliphatic carbocycles. The van der Waals surface area contributed by atoms with Gasteiger partial charge in [-0.25, -0.2) is 13.6 Å². The summed E-state index contributed by atoms with van der Waals surface area (Å²) in [6, 6.07) is 16.9. The molecule has 0 aliphatic rings. The first-order valence-electron chi connectivity index (χ1n) is 8.88. The molecule has 0 unspecified atom stereocenters. The Morgan fingerprint density at radius 1 is 0.969 bits per heavy atom. The highest BCUT2D eigenvalue weighted by molar-refractivity contribution is 8.14. The van der Waals surface area contributed by atoms with E-state index in [-0.39, 0.29) is 19.7 Å². The van der Waals surface area contributed by atoms with Crippen LogP contribution in [0.2, 0.25) is 10.0 Å². The van der Waals surface area contributed by atoms with Gasteiger partial charge in [0.2, 0.25) is 10.0 Å². The van der Waals surface area contributed by atoms with Gasteiger partial charge in [0.25, 0.3) is 10.0 Å². The molecule has 0 radical (unpaired) electrons. The van der Waals surface area contributed by atoms with E-state index in [1.807, 2.05) is 0 Å². The number of halogens is 2. The monoisotopic (exact) mass is 529 g/mol. The molecule has 3 rings (SSSR count). The maximum atomic E-state index is 12.6. The topological polar surface area (TPSA) is 119 Å². The summed E-state index contributed by atoms with van der Waals surface area (Å²) in [4.78, 5) is 2.24. The third-order valence-corrected chi connectivity index (χ3v) is 8.19. The van der Waals surface area contributed by atoms with Crippen molar-refractivity contribution in [2.45, 2.75) is 21.6 Å². The number of nitrogens with one attached hydrogen (secondary N) is 1. The third kappa shape index (κ3) is 6.03. The summed E-state index contributed by atoms with van der Waals surface area (Å²) >= 11 is 13.1. The first-order valence-corrected chi connectivity index (χ1v) is 13.5. The van der Waals surface area contributed by atoms with Crippen LogP contribution in [0.5, 0.6) is 0 Å². The fourth-order valence-corrected chi connectivity index (χ4v) is 5.82. The molecule has 0 bridgehead atoms. The number of hydrogen-bond acceptors (Lipinski definition) is 6. The lowest BCUT2D eigenvalue weighted by atomic mass is 10.2. The second-order valence-corrected chi connectivity index (χ2v) is 11.6. The van der Waals surface area contributed by atoms with Crippen LogP contribution in [0.4, 0.5) is 0 Å². The zero-order valence-electron chi connectivity index (χ0n) is 16.5. The molecular weight excluding hydrogens is 513 g/mol. The Balaban J connectivity index is 2.08. The van der Waals surface area contributed by atoms with Crippen LogP contribution in [0.1, 0.15) is 11.1 Å². The molecule has 3 aromatic rings. The van der Waals surface area contributed by atoms with Gasteiger partial charge in [-0.1, -0.05) is 65.3 Å². The van der Waals surface area contributed by atoms with Crippen molar-refractivity contribution in [2.75, 3.05) is 0 Å². The van der Waals surface area contributed by atoms with Crippen molar-refractivity contribution in [2.24, 2.45) is 10.2 Å². The number of hydrazone groups is 1. The molecule has 168 valence electrons. The van der Waals surface area contributed by atoms with Crippen molar-refractivity contribution in [3.05, 3.63) is 87.9 Å². The molecule has 0 atom stereocenters. The Bertz CT molecular complexity index is 1380. The van der Waals surface area contributed by atoms with E-state index in [2.05, 4.69) is 9.93 Å². The van der Waals surface area contributed by atoms with E-state index in [4.69, 9.17) is 28.3 Å². The summed E-state index contributed by atoms with van der Waals surface area (Å²) in [7, 11) is -8.05. The Kier molecular flexibility index (Phi) is 7.53. The van der Waals surface area contributed by atoms with Crippen molar-refractivity contribution in [3.63, 3.8) is 0 Å². The average Bonchev–Trinajstić information content (AvgIpc) is 2.74. The van der Waals surface area contributed by atoms with Crippen molar-refractivity contribution >= 4 is 60.1 Å². The minimum absolute atomic E-state index is 0.0211. The number of hydrogen-bond donors (Lipinski definition) is 2. The summed E-state index contributed by atoms with van der Waals surface area (Å²) < 4.78 is 49.5. The van der Waals surface area contributed by atoms with Crippen LogP contribution in [-0.4, -0.2) is 21.9 Å². The van der Waals surface area contributed by atoms with Crippen LogP contribution in [0.3, 0.4) is 0 Å². The highest BCUT2D eigenvalue weighted by Gasteiger charge is 2.20. The second-order valence-electron chi connectivity index (χ2n) is 6.53. The van der Waals surface area contributed by atoms with Gasteiger partial charge in [0.15, 0.2) is 0 Å². The van der Waals surface area contributed by atoms with Gasteiger partial charge in [0.1, 0.15) is 5.04 Å². The summed E-state index contributed by atoms with van der Waals surface area (Å²) in [5, 5.41) is 10.4. The van der Waals surface area contributed by atoms with Gasteiger partial charge < -0.3 is 0 Å². The van der Waals surface area contributed by atoms with Crippen LogP contribution in [-0.2, 0) is 20.0 Å². The molecule has 0 heterocycles. The maximum absolute atomic E-state index is 12.6. The summed E-state index contributed by atoms with van der Waals surface area (Å²) in [6.07, 6.45) is 0.